The summed E-state index contributed by atoms with van der Waals surface area (Å²) in [4.78, 5) is 28.5. The lowest BCUT2D eigenvalue weighted by molar-refractivity contribution is -0.114. The second-order valence-corrected chi connectivity index (χ2v) is 9.10. The van der Waals surface area contributed by atoms with E-state index < -0.39 is 11.7 Å². The average molecular weight is 480 g/mol. The van der Waals surface area contributed by atoms with Crippen LogP contribution in [-0.4, -0.2) is 38.1 Å². The number of carbonyl (C=O) groups excluding carboxylic acids is 2. The fraction of sp³-hybridized carbons (Fsp3) is 0.241. The van der Waals surface area contributed by atoms with Gasteiger partial charge in [0.15, 0.2) is 0 Å². The van der Waals surface area contributed by atoms with E-state index in [1.807, 2.05) is 35.1 Å². The first kappa shape index (κ1) is 23.6. The third-order valence-electron chi connectivity index (χ3n) is 6.37. The number of ketones is 1. The van der Waals surface area contributed by atoms with Crippen molar-refractivity contribution in [2.75, 3.05) is 11.4 Å². The number of carbonyl (C=O) groups is 2. The quantitative estimate of drug-likeness (QED) is 0.234. The van der Waals surface area contributed by atoms with Crippen LogP contribution in [0.4, 0.5) is 5.69 Å². The topological polar surface area (TPSA) is 71.3 Å². The molecule has 1 aromatic heterocycles. The zero-order valence-corrected chi connectivity index (χ0v) is 20.2. The summed E-state index contributed by atoms with van der Waals surface area (Å²) in [6.45, 7) is 3.58. The maximum atomic E-state index is 12.3. The molecule has 0 bridgehead atoms. The Morgan fingerprint density at radius 3 is 2.00 bits per heavy atom. The second-order valence-electron chi connectivity index (χ2n) is 9.10. The minimum atomic E-state index is -0.434. The molecule has 1 amide bonds. The number of para-hydroxylation sites is 1. The molecule has 2 heterocycles. The first-order chi connectivity index (χ1) is 17.7. The maximum absolute atomic E-state index is 12.3. The summed E-state index contributed by atoms with van der Waals surface area (Å²) in [7, 11) is 0. The predicted octanol–water partition coefficient (Wildman–Crippen LogP) is 4.49. The van der Waals surface area contributed by atoms with Gasteiger partial charge in [-0.2, -0.15) is 0 Å². The highest BCUT2D eigenvalue weighted by Gasteiger charge is 2.34. The number of benzene rings is 3. The van der Waals surface area contributed by atoms with Crippen LogP contribution < -0.4 is 4.90 Å². The summed E-state index contributed by atoms with van der Waals surface area (Å²) < 4.78 is 1.86. The summed E-state index contributed by atoms with van der Waals surface area (Å²) in [5.74, 6) is -0.849. The van der Waals surface area contributed by atoms with Crippen LogP contribution in [-0.2, 0) is 31.0 Å². The highest BCUT2D eigenvalue weighted by molar-refractivity contribution is 6.52. The summed E-state index contributed by atoms with van der Waals surface area (Å²) >= 11 is 0. The third-order valence-corrected chi connectivity index (χ3v) is 6.37. The normalized spacial score (nSPS) is 13.0. The smallest absolute Gasteiger partial charge is 0.299 e. The van der Waals surface area contributed by atoms with Crippen molar-refractivity contribution < 1.29 is 9.59 Å². The van der Waals surface area contributed by atoms with E-state index in [-0.39, 0.29) is 0 Å². The van der Waals surface area contributed by atoms with Crippen molar-refractivity contribution in [3.8, 4) is 0 Å². The molecule has 4 aromatic rings. The van der Waals surface area contributed by atoms with Crippen molar-refractivity contribution in [1.29, 1.82) is 0 Å². The van der Waals surface area contributed by atoms with E-state index in [9.17, 15) is 9.59 Å². The van der Waals surface area contributed by atoms with E-state index in [1.165, 1.54) is 11.1 Å². The van der Waals surface area contributed by atoms with Crippen LogP contribution in [0, 0.1) is 0 Å². The molecule has 0 unspecified atom stereocenters. The van der Waals surface area contributed by atoms with Crippen LogP contribution in [0.15, 0.2) is 91.1 Å². The number of nitrogens with zero attached hydrogens (tertiary/aromatic N) is 5. The number of unbranched alkanes of at least 4 members (excludes halogenated alkanes) is 1. The molecule has 0 saturated heterocycles. The summed E-state index contributed by atoms with van der Waals surface area (Å²) in [5.41, 5.74) is 4.66. The molecule has 0 fully saturated rings. The summed E-state index contributed by atoms with van der Waals surface area (Å²) in [6.07, 6.45) is 3.61. The Labute approximate surface area is 211 Å². The largest absolute Gasteiger partial charge is 0.305 e. The lowest BCUT2D eigenvalue weighted by atomic mass is 10.1. The number of rotatable bonds is 11. The number of anilines is 1. The number of amides is 1. The molecule has 0 aliphatic carbocycles. The van der Waals surface area contributed by atoms with Gasteiger partial charge in [-0.25, -0.2) is 0 Å². The minimum absolute atomic E-state index is 0.415. The van der Waals surface area contributed by atoms with Crippen LogP contribution in [0.1, 0.15) is 40.0 Å². The van der Waals surface area contributed by atoms with Crippen LogP contribution in [0.2, 0.25) is 0 Å². The van der Waals surface area contributed by atoms with Crippen LogP contribution >= 0.6 is 0 Å². The van der Waals surface area contributed by atoms with Crippen LogP contribution in [0.5, 0.6) is 0 Å². The number of aryl methyl sites for hydroxylation is 1. The maximum Gasteiger partial charge on any atom is 0.299 e. The molecule has 5 rings (SSSR count). The Balaban J connectivity index is 1.16. The van der Waals surface area contributed by atoms with Gasteiger partial charge in [-0.3, -0.25) is 19.2 Å². The van der Waals surface area contributed by atoms with Crippen molar-refractivity contribution in [3.63, 3.8) is 0 Å². The van der Waals surface area contributed by atoms with E-state index in [0.717, 1.165) is 31.6 Å². The molecular weight excluding hydrogens is 450 g/mol. The number of hydrogen-bond donors (Lipinski definition) is 0. The zero-order valence-electron chi connectivity index (χ0n) is 20.2. The van der Waals surface area contributed by atoms with E-state index >= 15 is 0 Å². The van der Waals surface area contributed by atoms with Crippen molar-refractivity contribution in [3.05, 3.63) is 114 Å². The molecule has 7 heteroatoms. The minimum Gasteiger partial charge on any atom is -0.305 e. The molecule has 0 N–H and O–H groups in total. The molecule has 0 saturated carbocycles. The lowest BCUT2D eigenvalue weighted by Gasteiger charge is -2.21. The first-order valence-corrected chi connectivity index (χ1v) is 12.3. The number of fused-ring (bicyclic) bond motifs is 1. The first-order valence-electron chi connectivity index (χ1n) is 12.3. The van der Waals surface area contributed by atoms with Gasteiger partial charge in [0, 0.05) is 38.9 Å². The van der Waals surface area contributed by atoms with Gasteiger partial charge in [0.05, 0.1) is 16.9 Å². The Hall–Kier alpha value is -4.10. The highest BCUT2D eigenvalue weighted by atomic mass is 16.2. The molecule has 7 nitrogen and oxygen atoms in total. The van der Waals surface area contributed by atoms with Gasteiger partial charge in [0.25, 0.3) is 11.7 Å². The number of Topliss-reactive ketones (excluding diaryl/α,β-unsaturated/α-hetero) is 1. The van der Waals surface area contributed by atoms with Gasteiger partial charge < -0.3 is 4.90 Å². The standard InChI is InChI=1S/C29H29N5O2/c35-28-26-15-7-8-16-27(26)34(29(28)36)18-10-9-17-33-22-25(30-31-33)21-32(19-23-11-3-1-4-12-23)20-24-13-5-2-6-14-24/h1-8,11-16,22H,9-10,17-21H2. The Bertz CT molecular complexity index is 1280. The van der Waals surface area contributed by atoms with Crippen molar-refractivity contribution in [2.45, 2.75) is 39.0 Å². The molecular formula is C29H29N5O2. The molecule has 182 valence electrons. The van der Waals surface area contributed by atoms with Gasteiger partial charge in [-0.1, -0.05) is 78.0 Å². The highest BCUT2D eigenvalue weighted by Crippen LogP contribution is 2.28. The predicted molar refractivity (Wildman–Crippen MR) is 138 cm³/mol. The summed E-state index contributed by atoms with van der Waals surface area (Å²) in [6, 6.07) is 28.1. The van der Waals surface area contributed by atoms with Crippen LogP contribution in [0.25, 0.3) is 0 Å². The van der Waals surface area contributed by atoms with Gasteiger partial charge in [0.1, 0.15) is 0 Å². The molecule has 0 spiro atoms. The van der Waals surface area contributed by atoms with Crippen molar-refractivity contribution >= 4 is 17.4 Å². The Morgan fingerprint density at radius 2 is 1.31 bits per heavy atom. The van der Waals surface area contributed by atoms with Gasteiger partial charge >= 0.3 is 0 Å². The lowest BCUT2D eigenvalue weighted by Crippen LogP contribution is -2.30. The molecule has 0 radical (unpaired) electrons. The SMILES string of the molecule is O=C1C(=O)N(CCCCn2cc(CN(Cc3ccccc3)Cc3ccccc3)nn2)c2ccccc21. The number of hydrogen-bond acceptors (Lipinski definition) is 5. The fourth-order valence-electron chi connectivity index (χ4n) is 4.61. The molecule has 0 atom stereocenters. The van der Waals surface area contributed by atoms with E-state index in [2.05, 4.69) is 63.7 Å². The van der Waals surface area contributed by atoms with Crippen LogP contribution in [0.3, 0.4) is 0 Å². The summed E-state index contributed by atoms with van der Waals surface area (Å²) in [5, 5.41) is 8.73. The Kier molecular flexibility index (Phi) is 7.28. The van der Waals surface area contributed by atoms with Gasteiger partial charge in [0.2, 0.25) is 0 Å². The monoisotopic (exact) mass is 479 g/mol. The molecule has 1 aliphatic heterocycles. The van der Waals surface area contributed by atoms with E-state index in [4.69, 9.17) is 0 Å². The fourth-order valence-corrected chi connectivity index (χ4v) is 4.61. The Morgan fingerprint density at radius 1 is 0.694 bits per heavy atom. The van der Waals surface area contributed by atoms with Crippen molar-refractivity contribution in [1.82, 2.24) is 19.9 Å². The molecule has 3 aromatic carbocycles. The second kappa shape index (κ2) is 11.1. The average Bonchev–Trinajstić information content (AvgIpc) is 3.45. The van der Waals surface area contributed by atoms with E-state index in [1.54, 1.807) is 17.0 Å². The van der Waals surface area contributed by atoms with E-state index in [0.29, 0.717) is 30.9 Å². The third kappa shape index (κ3) is 5.58. The molecule has 36 heavy (non-hydrogen) atoms. The zero-order chi connectivity index (χ0) is 24.7. The number of aromatic nitrogens is 3. The molecule has 1 aliphatic rings. The van der Waals surface area contributed by atoms with Gasteiger partial charge in [-0.15, -0.1) is 5.10 Å². The van der Waals surface area contributed by atoms with Crippen molar-refractivity contribution in [2.24, 2.45) is 0 Å². The van der Waals surface area contributed by atoms with Gasteiger partial charge in [-0.05, 0) is 36.1 Å².